The van der Waals surface area contributed by atoms with Crippen molar-refractivity contribution >= 4 is 17.3 Å². The molecule has 0 saturated carbocycles. The van der Waals surface area contributed by atoms with E-state index in [4.69, 9.17) is 0 Å². The first-order valence-electron chi connectivity index (χ1n) is 7.80. The summed E-state index contributed by atoms with van der Waals surface area (Å²) in [5.74, 6) is -0.0541. The summed E-state index contributed by atoms with van der Waals surface area (Å²) in [5.41, 5.74) is 3.30. The lowest BCUT2D eigenvalue weighted by Gasteiger charge is -1.93. The van der Waals surface area contributed by atoms with Crippen LogP contribution in [0.3, 0.4) is 0 Å². The first kappa shape index (κ1) is 15.3. The van der Waals surface area contributed by atoms with E-state index in [1.807, 2.05) is 31.2 Å². The van der Waals surface area contributed by atoms with E-state index < -0.39 is 5.92 Å². The predicted octanol–water partition coefficient (Wildman–Crippen LogP) is 3.76. The molecule has 0 radical (unpaired) electrons. The summed E-state index contributed by atoms with van der Waals surface area (Å²) in [6.45, 7) is 3.65. The zero-order valence-corrected chi connectivity index (χ0v) is 13.2. The van der Waals surface area contributed by atoms with E-state index in [1.54, 1.807) is 31.2 Å². The SMILES string of the molecule is CC1C(=O)c2ccccc2C1=O.CC1Cc2ccccc2C1=O. The number of carbonyl (C=O) groups excluding carboxylic acids is 3. The number of fused-ring (bicyclic) bond motifs is 2. The van der Waals surface area contributed by atoms with Crippen LogP contribution in [0, 0.1) is 11.8 Å². The van der Waals surface area contributed by atoms with Gasteiger partial charge in [-0.05, 0) is 18.9 Å². The van der Waals surface area contributed by atoms with Gasteiger partial charge in [0.1, 0.15) is 0 Å². The lowest BCUT2D eigenvalue weighted by Crippen LogP contribution is -2.09. The molecule has 0 N–H and O–H groups in total. The second kappa shape index (κ2) is 5.92. The normalized spacial score (nSPS) is 19.2. The Morgan fingerprint density at radius 1 is 0.696 bits per heavy atom. The second-order valence-corrected chi connectivity index (χ2v) is 6.12. The molecule has 4 rings (SSSR count). The van der Waals surface area contributed by atoms with Crippen LogP contribution in [0.25, 0.3) is 0 Å². The molecular formula is C20H18O3. The quantitative estimate of drug-likeness (QED) is 0.696. The molecule has 3 heteroatoms. The van der Waals surface area contributed by atoms with E-state index in [1.165, 1.54) is 5.56 Å². The van der Waals surface area contributed by atoms with Crippen LogP contribution in [-0.2, 0) is 6.42 Å². The standard InChI is InChI=1S/C10H8O2.C10H10O/c1-6-9(11)7-4-2-3-5-8(7)10(6)12;1-7-6-8-4-2-3-5-9(8)10(7)11/h2-6H,1H3;2-5,7H,6H2,1H3. The van der Waals surface area contributed by atoms with E-state index >= 15 is 0 Å². The Balaban J connectivity index is 0.000000136. The molecule has 0 fully saturated rings. The van der Waals surface area contributed by atoms with E-state index in [-0.39, 0.29) is 17.5 Å². The van der Waals surface area contributed by atoms with Crippen LogP contribution in [0.4, 0.5) is 0 Å². The van der Waals surface area contributed by atoms with E-state index in [2.05, 4.69) is 0 Å². The van der Waals surface area contributed by atoms with Gasteiger partial charge in [-0.1, -0.05) is 55.5 Å². The van der Waals surface area contributed by atoms with E-state index in [9.17, 15) is 14.4 Å². The van der Waals surface area contributed by atoms with Gasteiger partial charge in [0.05, 0.1) is 5.92 Å². The summed E-state index contributed by atoms with van der Waals surface area (Å²) in [7, 11) is 0. The van der Waals surface area contributed by atoms with Gasteiger partial charge in [-0.3, -0.25) is 14.4 Å². The summed E-state index contributed by atoms with van der Waals surface area (Å²) in [6, 6.07) is 14.8. The highest BCUT2D eigenvalue weighted by atomic mass is 16.2. The summed E-state index contributed by atoms with van der Waals surface area (Å²) in [5, 5.41) is 0. The Morgan fingerprint density at radius 3 is 1.70 bits per heavy atom. The smallest absolute Gasteiger partial charge is 0.174 e. The number of rotatable bonds is 0. The molecule has 0 spiro atoms. The van der Waals surface area contributed by atoms with Gasteiger partial charge in [0, 0.05) is 22.6 Å². The van der Waals surface area contributed by atoms with Crippen molar-refractivity contribution in [1.29, 1.82) is 0 Å². The van der Waals surface area contributed by atoms with Gasteiger partial charge in [0.2, 0.25) is 0 Å². The molecule has 1 atom stereocenters. The number of carbonyl (C=O) groups is 3. The van der Waals surface area contributed by atoms with E-state index in [0.29, 0.717) is 16.9 Å². The third-order valence-corrected chi connectivity index (χ3v) is 4.50. The molecule has 0 saturated heterocycles. The maximum Gasteiger partial charge on any atom is 0.174 e. The van der Waals surface area contributed by atoms with Crippen molar-refractivity contribution < 1.29 is 14.4 Å². The fourth-order valence-electron chi connectivity index (χ4n) is 3.13. The summed E-state index contributed by atoms with van der Waals surface area (Å²) >= 11 is 0. The van der Waals surface area contributed by atoms with Gasteiger partial charge < -0.3 is 0 Å². The molecule has 23 heavy (non-hydrogen) atoms. The number of benzene rings is 2. The van der Waals surface area contributed by atoms with Crippen molar-refractivity contribution in [1.82, 2.24) is 0 Å². The van der Waals surface area contributed by atoms with Gasteiger partial charge in [-0.15, -0.1) is 0 Å². The van der Waals surface area contributed by atoms with Crippen molar-refractivity contribution in [3.63, 3.8) is 0 Å². The van der Waals surface area contributed by atoms with Crippen molar-refractivity contribution in [2.24, 2.45) is 11.8 Å². The van der Waals surface area contributed by atoms with Crippen molar-refractivity contribution in [2.75, 3.05) is 0 Å². The Morgan fingerprint density at radius 2 is 1.17 bits per heavy atom. The molecule has 116 valence electrons. The molecule has 0 amide bonds. The Bertz CT molecular complexity index is 769. The fourth-order valence-corrected chi connectivity index (χ4v) is 3.13. The molecule has 2 aromatic carbocycles. The van der Waals surface area contributed by atoms with Crippen molar-refractivity contribution in [2.45, 2.75) is 20.3 Å². The fraction of sp³-hybridized carbons (Fsp3) is 0.250. The molecule has 2 aromatic rings. The summed E-state index contributed by atoms with van der Waals surface area (Å²) in [4.78, 5) is 34.2. The van der Waals surface area contributed by atoms with Crippen molar-refractivity contribution in [3.8, 4) is 0 Å². The molecule has 0 aromatic heterocycles. The highest BCUT2D eigenvalue weighted by Crippen LogP contribution is 2.26. The van der Waals surface area contributed by atoms with Crippen LogP contribution < -0.4 is 0 Å². The summed E-state index contributed by atoms with van der Waals surface area (Å²) < 4.78 is 0. The number of Topliss-reactive ketones (excluding diaryl/α,β-unsaturated/α-hetero) is 3. The molecule has 2 aliphatic rings. The van der Waals surface area contributed by atoms with Gasteiger partial charge in [0.15, 0.2) is 17.3 Å². The molecular weight excluding hydrogens is 288 g/mol. The highest BCUT2D eigenvalue weighted by Gasteiger charge is 2.34. The Kier molecular flexibility index (Phi) is 3.95. The first-order chi connectivity index (χ1) is 11.0. The van der Waals surface area contributed by atoms with Crippen LogP contribution in [0.15, 0.2) is 48.5 Å². The molecule has 3 nitrogen and oxygen atoms in total. The second-order valence-electron chi connectivity index (χ2n) is 6.12. The van der Waals surface area contributed by atoms with Crippen LogP contribution >= 0.6 is 0 Å². The monoisotopic (exact) mass is 306 g/mol. The lowest BCUT2D eigenvalue weighted by molar-refractivity contribution is 0.0851. The minimum absolute atomic E-state index is 0.0457. The Labute approximate surface area is 135 Å². The minimum Gasteiger partial charge on any atom is -0.294 e. The average molecular weight is 306 g/mol. The van der Waals surface area contributed by atoms with Gasteiger partial charge >= 0.3 is 0 Å². The third-order valence-electron chi connectivity index (χ3n) is 4.50. The minimum atomic E-state index is -0.470. The topological polar surface area (TPSA) is 51.2 Å². The Hall–Kier alpha value is -2.55. The third kappa shape index (κ3) is 2.63. The van der Waals surface area contributed by atoms with Crippen LogP contribution in [0.5, 0.6) is 0 Å². The largest absolute Gasteiger partial charge is 0.294 e. The number of ketones is 3. The van der Waals surface area contributed by atoms with Crippen LogP contribution in [-0.4, -0.2) is 17.3 Å². The van der Waals surface area contributed by atoms with Crippen LogP contribution in [0.2, 0.25) is 0 Å². The highest BCUT2D eigenvalue weighted by molar-refractivity contribution is 6.26. The first-order valence-corrected chi connectivity index (χ1v) is 7.80. The van der Waals surface area contributed by atoms with Crippen LogP contribution in [0.1, 0.15) is 50.5 Å². The summed E-state index contributed by atoms with van der Waals surface area (Å²) in [6.07, 6.45) is 0.926. The number of hydrogen-bond donors (Lipinski definition) is 0. The molecule has 0 heterocycles. The van der Waals surface area contributed by atoms with Gasteiger partial charge in [-0.2, -0.15) is 0 Å². The maximum absolute atomic E-state index is 11.4. The zero-order chi connectivity index (χ0) is 16.6. The van der Waals surface area contributed by atoms with Gasteiger partial charge in [0.25, 0.3) is 0 Å². The van der Waals surface area contributed by atoms with Gasteiger partial charge in [-0.25, -0.2) is 0 Å². The average Bonchev–Trinajstić information content (AvgIpc) is 2.99. The van der Waals surface area contributed by atoms with Crippen molar-refractivity contribution in [3.05, 3.63) is 70.8 Å². The molecule has 1 unspecified atom stereocenters. The predicted molar refractivity (Wildman–Crippen MR) is 87.9 cm³/mol. The maximum atomic E-state index is 11.4. The molecule has 2 aliphatic carbocycles. The molecule has 0 aliphatic heterocycles. The lowest BCUT2D eigenvalue weighted by atomic mass is 10.1. The van der Waals surface area contributed by atoms with E-state index in [0.717, 1.165) is 12.0 Å². The number of hydrogen-bond acceptors (Lipinski definition) is 3. The zero-order valence-electron chi connectivity index (χ0n) is 13.2. The molecule has 0 bridgehead atoms.